The smallest absolute Gasteiger partial charge is 0.305 e. The number of unbranched alkanes of at least 4 members (excludes halogenated alkanes) is 7. The van der Waals surface area contributed by atoms with E-state index in [1.165, 1.54) is 13.5 Å². The number of methoxy groups -OCH3 is 1. The first-order valence-electron chi connectivity index (χ1n) is 8.63. The molecule has 22 heavy (non-hydrogen) atoms. The zero-order valence-corrected chi connectivity index (χ0v) is 14.3. The van der Waals surface area contributed by atoms with Gasteiger partial charge in [0, 0.05) is 12.8 Å². The van der Waals surface area contributed by atoms with Crippen molar-refractivity contribution in [2.75, 3.05) is 7.11 Å². The number of esters is 1. The van der Waals surface area contributed by atoms with Crippen molar-refractivity contribution in [1.29, 1.82) is 0 Å². The summed E-state index contributed by atoms with van der Waals surface area (Å²) in [7, 11) is 1.43. The minimum absolute atomic E-state index is 0.112. The van der Waals surface area contributed by atoms with Crippen molar-refractivity contribution >= 4 is 11.8 Å². The van der Waals surface area contributed by atoms with E-state index in [-0.39, 0.29) is 11.8 Å². The highest BCUT2D eigenvalue weighted by atomic mass is 16.5. The minimum atomic E-state index is -0.112. The lowest BCUT2D eigenvalue weighted by Gasteiger charge is -1.99. The Morgan fingerprint density at radius 2 is 1.55 bits per heavy atom. The Morgan fingerprint density at radius 1 is 0.864 bits per heavy atom. The van der Waals surface area contributed by atoms with Crippen molar-refractivity contribution < 1.29 is 14.3 Å². The van der Waals surface area contributed by atoms with Gasteiger partial charge in [-0.25, -0.2) is 0 Å². The minimum Gasteiger partial charge on any atom is -0.469 e. The van der Waals surface area contributed by atoms with Gasteiger partial charge < -0.3 is 4.74 Å². The van der Waals surface area contributed by atoms with Gasteiger partial charge >= 0.3 is 5.97 Å². The molecule has 0 bridgehead atoms. The Hall–Kier alpha value is -1.38. The first-order chi connectivity index (χ1) is 10.7. The number of hydrogen-bond acceptors (Lipinski definition) is 3. The number of hydrogen-bond donors (Lipinski definition) is 0. The molecule has 0 aromatic rings. The van der Waals surface area contributed by atoms with Crippen LogP contribution in [0.3, 0.4) is 0 Å². The van der Waals surface area contributed by atoms with Crippen LogP contribution in [0, 0.1) is 0 Å². The van der Waals surface area contributed by atoms with Crippen LogP contribution in [0.5, 0.6) is 0 Å². The number of ether oxygens (including phenoxy) is 1. The number of rotatable bonds is 14. The molecule has 0 fully saturated rings. The summed E-state index contributed by atoms with van der Waals surface area (Å²) >= 11 is 0. The van der Waals surface area contributed by atoms with Crippen molar-refractivity contribution in [3.8, 4) is 0 Å². The van der Waals surface area contributed by atoms with Gasteiger partial charge in [0.2, 0.25) is 0 Å². The molecule has 126 valence electrons. The number of allylic oxidation sites excluding steroid dienone is 4. The van der Waals surface area contributed by atoms with Gasteiger partial charge in [0.1, 0.15) is 0 Å². The van der Waals surface area contributed by atoms with Crippen LogP contribution in [0.2, 0.25) is 0 Å². The summed E-state index contributed by atoms with van der Waals surface area (Å²) in [6.45, 7) is 2.14. The SMILES string of the molecule is CCCCCC(=O)C=CC=CCCCCCCCC(=O)OC. The van der Waals surface area contributed by atoms with E-state index < -0.39 is 0 Å². The van der Waals surface area contributed by atoms with Crippen LogP contribution in [-0.2, 0) is 14.3 Å². The van der Waals surface area contributed by atoms with Crippen LogP contribution in [0.15, 0.2) is 24.3 Å². The molecule has 0 aliphatic heterocycles. The van der Waals surface area contributed by atoms with Crippen LogP contribution >= 0.6 is 0 Å². The lowest BCUT2D eigenvalue weighted by Crippen LogP contribution is -1.98. The molecule has 0 saturated heterocycles. The maximum Gasteiger partial charge on any atom is 0.305 e. The first-order valence-corrected chi connectivity index (χ1v) is 8.63. The molecule has 0 atom stereocenters. The van der Waals surface area contributed by atoms with Crippen LogP contribution in [-0.4, -0.2) is 18.9 Å². The van der Waals surface area contributed by atoms with Crippen molar-refractivity contribution in [3.05, 3.63) is 24.3 Å². The van der Waals surface area contributed by atoms with Crippen molar-refractivity contribution in [2.45, 2.75) is 77.6 Å². The van der Waals surface area contributed by atoms with Gasteiger partial charge in [0.05, 0.1) is 7.11 Å². The third-order valence-electron chi connectivity index (χ3n) is 3.54. The van der Waals surface area contributed by atoms with Gasteiger partial charge in [-0.05, 0) is 31.8 Å². The van der Waals surface area contributed by atoms with E-state index in [0.29, 0.717) is 12.8 Å². The summed E-state index contributed by atoms with van der Waals surface area (Å²) < 4.78 is 4.60. The third kappa shape index (κ3) is 15.0. The average Bonchev–Trinajstić information content (AvgIpc) is 2.52. The van der Waals surface area contributed by atoms with Crippen molar-refractivity contribution in [2.24, 2.45) is 0 Å². The van der Waals surface area contributed by atoms with E-state index in [1.54, 1.807) is 6.08 Å². The number of carbonyl (C=O) groups is 2. The van der Waals surface area contributed by atoms with Crippen molar-refractivity contribution in [1.82, 2.24) is 0 Å². The zero-order valence-electron chi connectivity index (χ0n) is 14.3. The lowest BCUT2D eigenvalue weighted by molar-refractivity contribution is -0.140. The zero-order chi connectivity index (χ0) is 16.5. The summed E-state index contributed by atoms with van der Waals surface area (Å²) in [4.78, 5) is 22.4. The second kappa shape index (κ2) is 16.0. The predicted octanol–water partition coefficient (Wildman–Crippen LogP) is 5.15. The third-order valence-corrected chi connectivity index (χ3v) is 3.54. The molecule has 0 radical (unpaired) electrons. The molecule has 0 aliphatic carbocycles. The van der Waals surface area contributed by atoms with E-state index >= 15 is 0 Å². The molecule has 0 heterocycles. The largest absolute Gasteiger partial charge is 0.469 e. The fourth-order valence-corrected chi connectivity index (χ4v) is 2.13. The molecule has 3 heteroatoms. The molecule has 0 aromatic carbocycles. The number of carbonyl (C=O) groups excluding carboxylic acids is 2. The van der Waals surface area contributed by atoms with E-state index in [9.17, 15) is 9.59 Å². The highest BCUT2D eigenvalue weighted by Crippen LogP contribution is 2.08. The Labute approximate surface area is 135 Å². The first kappa shape index (κ1) is 20.6. The highest BCUT2D eigenvalue weighted by Gasteiger charge is 1.98. The van der Waals surface area contributed by atoms with Gasteiger partial charge in [-0.15, -0.1) is 0 Å². The van der Waals surface area contributed by atoms with E-state index in [2.05, 4.69) is 17.7 Å². The summed E-state index contributed by atoms with van der Waals surface area (Å²) in [6, 6.07) is 0. The second-order valence-electron chi connectivity index (χ2n) is 5.59. The summed E-state index contributed by atoms with van der Waals surface area (Å²) in [5.41, 5.74) is 0. The fraction of sp³-hybridized carbons (Fsp3) is 0.684. The molecule has 0 spiro atoms. The molecule has 3 nitrogen and oxygen atoms in total. The van der Waals surface area contributed by atoms with Crippen LogP contribution < -0.4 is 0 Å². The molecule has 0 aliphatic rings. The van der Waals surface area contributed by atoms with Gasteiger partial charge in [0.25, 0.3) is 0 Å². The molecule has 0 unspecified atom stereocenters. The van der Waals surface area contributed by atoms with Gasteiger partial charge in [0.15, 0.2) is 5.78 Å². The fourth-order valence-electron chi connectivity index (χ4n) is 2.13. The molecule has 0 saturated carbocycles. The quantitative estimate of drug-likeness (QED) is 0.193. The van der Waals surface area contributed by atoms with Gasteiger partial charge in [-0.3, -0.25) is 9.59 Å². The molecular weight excluding hydrogens is 276 g/mol. The highest BCUT2D eigenvalue weighted by molar-refractivity contribution is 5.89. The Morgan fingerprint density at radius 3 is 2.27 bits per heavy atom. The Balaban J connectivity index is 3.40. The molecule has 0 amide bonds. The van der Waals surface area contributed by atoms with Crippen molar-refractivity contribution in [3.63, 3.8) is 0 Å². The molecular formula is C19H32O3. The molecule has 0 N–H and O–H groups in total. The Kier molecular flexibility index (Phi) is 15.0. The molecule has 0 aromatic heterocycles. The van der Waals surface area contributed by atoms with Gasteiger partial charge in [-0.2, -0.15) is 0 Å². The van der Waals surface area contributed by atoms with E-state index in [4.69, 9.17) is 0 Å². The monoisotopic (exact) mass is 308 g/mol. The second-order valence-corrected chi connectivity index (χ2v) is 5.59. The van der Waals surface area contributed by atoms with E-state index in [1.807, 2.05) is 12.2 Å². The van der Waals surface area contributed by atoms with Crippen LogP contribution in [0.25, 0.3) is 0 Å². The predicted molar refractivity (Wildman–Crippen MR) is 91.8 cm³/mol. The Bertz CT molecular complexity index is 343. The lowest BCUT2D eigenvalue weighted by atomic mass is 10.1. The standard InChI is InChI=1S/C19H32O3/c1-3-4-12-15-18(20)16-13-10-8-6-5-7-9-11-14-17-19(21)22-2/h8,10,13,16H,3-7,9,11-12,14-15,17H2,1-2H3. The van der Waals surface area contributed by atoms with Crippen LogP contribution in [0.1, 0.15) is 77.6 Å². The maximum absolute atomic E-state index is 11.5. The number of ketones is 1. The average molecular weight is 308 g/mol. The summed E-state index contributed by atoms with van der Waals surface area (Å²) in [6.07, 6.45) is 18.7. The summed E-state index contributed by atoms with van der Waals surface area (Å²) in [5, 5.41) is 0. The molecule has 0 rings (SSSR count). The van der Waals surface area contributed by atoms with Gasteiger partial charge in [-0.1, -0.05) is 57.3 Å². The normalized spacial score (nSPS) is 11.4. The van der Waals surface area contributed by atoms with Crippen LogP contribution in [0.4, 0.5) is 0 Å². The van der Waals surface area contributed by atoms with E-state index in [0.717, 1.165) is 51.4 Å². The topological polar surface area (TPSA) is 43.4 Å². The maximum atomic E-state index is 11.5. The summed E-state index contributed by atoms with van der Waals surface area (Å²) in [5.74, 6) is 0.114.